The van der Waals surface area contributed by atoms with E-state index < -0.39 is 20.7 Å². The van der Waals surface area contributed by atoms with Crippen LogP contribution in [-0.4, -0.2) is 45.7 Å². The number of carbonyl (C=O) groups is 2. The maximum atomic E-state index is 10.0. The number of aliphatic hydroxyl groups is 1. The van der Waals surface area contributed by atoms with E-state index in [1.165, 1.54) is 0 Å². The largest absolute Gasteiger partial charge is 0.516 e. The Morgan fingerprint density at radius 1 is 0.960 bits per heavy atom. The molecular formula is C16H29ClO7Si. The summed E-state index contributed by atoms with van der Waals surface area (Å²) in [6.07, 6.45) is 3.92. The molecule has 0 unspecified atom stereocenters. The van der Waals surface area contributed by atoms with E-state index in [1.54, 1.807) is 0 Å². The van der Waals surface area contributed by atoms with E-state index in [0.29, 0.717) is 19.8 Å². The van der Waals surface area contributed by atoms with Gasteiger partial charge in [-0.25, -0.2) is 4.79 Å². The summed E-state index contributed by atoms with van der Waals surface area (Å²) < 4.78 is 19.8. The molecule has 0 aliphatic carbocycles. The Morgan fingerprint density at radius 3 is 1.40 bits per heavy atom. The van der Waals surface area contributed by atoms with Crippen molar-refractivity contribution in [3.63, 3.8) is 0 Å². The van der Waals surface area contributed by atoms with Crippen molar-refractivity contribution < 1.29 is 32.7 Å². The molecule has 0 saturated heterocycles. The first-order valence-electron chi connectivity index (χ1n) is 7.20. The third kappa shape index (κ3) is 44.9. The Bertz CT molecular complexity index is 348. The molecule has 1 N–H and O–H groups in total. The summed E-state index contributed by atoms with van der Waals surface area (Å²) in [5.74, 6) is -0.477. The predicted molar refractivity (Wildman–Crippen MR) is 102 cm³/mol. The molecule has 0 aromatic rings. The average Bonchev–Trinajstić information content (AvgIpc) is 2.57. The second-order valence-electron chi connectivity index (χ2n) is 3.15. The number of rotatable bonds is 9. The van der Waals surface area contributed by atoms with Crippen LogP contribution in [0.5, 0.6) is 0 Å². The van der Waals surface area contributed by atoms with Gasteiger partial charge in [0.2, 0.25) is 5.24 Å². The minimum absolute atomic E-state index is 0.477. The quantitative estimate of drug-likeness (QED) is 0.210. The van der Waals surface area contributed by atoms with Crippen molar-refractivity contribution in [2.75, 3.05) is 19.8 Å². The van der Waals surface area contributed by atoms with E-state index in [-0.39, 0.29) is 0 Å². The number of aliphatic hydroxyl groups excluding tert-OH is 1. The van der Waals surface area contributed by atoms with Gasteiger partial charge in [-0.05, 0) is 38.4 Å². The summed E-state index contributed by atoms with van der Waals surface area (Å²) in [5.41, 5.74) is 0. The Labute approximate surface area is 157 Å². The van der Waals surface area contributed by atoms with E-state index in [4.69, 9.17) is 30.0 Å². The van der Waals surface area contributed by atoms with E-state index in [1.807, 2.05) is 20.8 Å². The molecule has 0 bridgehead atoms. The normalized spacial score (nSPS) is 8.04. The molecule has 25 heavy (non-hydrogen) atoms. The van der Waals surface area contributed by atoms with Crippen LogP contribution in [-0.2, 0) is 27.6 Å². The Hall–Kier alpha value is -1.71. The molecule has 0 aliphatic heterocycles. The predicted octanol–water partition coefficient (Wildman–Crippen LogP) is 3.30. The summed E-state index contributed by atoms with van der Waals surface area (Å²) in [4.78, 5) is 19.5. The average molecular weight is 397 g/mol. The molecule has 0 spiro atoms. The lowest BCUT2D eigenvalue weighted by molar-refractivity contribution is -0.132. The zero-order valence-corrected chi connectivity index (χ0v) is 17.0. The number of ether oxygens (including phenoxy) is 1. The zero-order valence-electron chi connectivity index (χ0n) is 15.1. The highest BCUT2D eigenvalue weighted by Crippen LogP contribution is 1.91. The maximum absolute atomic E-state index is 10.0. The van der Waals surface area contributed by atoms with E-state index >= 15 is 0 Å². The number of allylic oxidation sites excluding steroid dienone is 1. The van der Waals surface area contributed by atoms with Crippen LogP contribution in [0.15, 0.2) is 51.0 Å². The Kier molecular flexibility index (Phi) is 37.6. The van der Waals surface area contributed by atoms with E-state index in [9.17, 15) is 9.59 Å². The lowest BCUT2D eigenvalue weighted by atomic mass is 10.7. The van der Waals surface area contributed by atoms with Gasteiger partial charge in [-0.3, -0.25) is 4.79 Å². The molecule has 0 aromatic carbocycles. The molecule has 0 amide bonds. The molecule has 0 rings (SSSR count). The van der Waals surface area contributed by atoms with Crippen molar-refractivity contribution >= 4 is 32.3 Å². The minimum atomic E-state index is -1.73. The maximum Gasteiger partial charge on any atom is 0.484 e. The number of carbonyl (C=O) groups excluding carboxylic acids is 2. The molecule has 0 aromatic heterocycles. The first-order valence-corrected chi connectivity index (χ1v) is 8.99. The molecule has 0 aliphatic rings. The summed E-state index contributed by atoms with van der Waals surface area (Å²) in [7, 11) is -1.73. The molecule has 146 valence electrons. The van der Waals surface area contributed by atoms with Crippen LogP contribution in [0.4, 0.5) is 0 Å². The molecule has 0 heterocycles. The van der Waals surface area contributed by atoms with Crippen molar-refractivity contribution in [1.29, 1.82) is 0 Å². The monoisotopic (exact) mass is 396 g/mol. The van der Waals surface area contributed by atoms with Crippen LogP contribution < -0.4 is 0 Å². The van der Waals surface area contributed by atoms with Gasteiger partial charge in [0.15, 0.2) is 0 Å². The third-order valence-electron chi connectivity index (χ3n) is 1.43. The second-order valence-corrected chi connectivity index (χ2v) is 5.10. The Morgan fingerprint density at radius 2 is 1.28 bits per heavy atom. The van der Waals surface area contributed by atoms with Crippen LogP contribution in [0.25, 0.3) is 0 Å². The Balaban J connectivity index is -0.000000129. The van der Waals surface area contributed by atoms with Gasteiger partial charge in [-0.2, -0.15) is 0 Å². The first kappa shape index (κ1) is 31.1. The summed E-state index contributed by atoms with van der Waals surface area (Å²) in [6.45, 7) is 20.2. The van der Waals surface area contributed by atoms with Crippen molar-refractivity contribution in [2.45, 2.75) is 20.8 Å². The fourth-order valence-corrected chi connectivity index (χ4v) is 1.79. The highest BCUT2D eigenvalue weighted by Gasteiger charge is 2.11. The van der Waals surface area contributed by atoms with Gasteiger partial charge in [-0.1, -0.05) is 26.3 Å². The van der Waals surface area contributed by atoms with Gasteiger partial charge in [0, 0.05) is 25.9 Å². The first-order chi connectivity index (χ1) is 11.8. The van der Waals surface area contributed by atoms with Crippen LogP contribution in [0.3, 0.4) is 0 Å². The molecule has 9 heteroatoms. The number of halogens is 1. The summed E-state index contributed by atoms with van der Waals surface area (Å²) >= 11 is 4.71. The highest BCUT2D eigenvalue weighted by atomic mass is 35.5. The topological polar surface area (TPSA) is 91.3 Å². The fourth-order valence-electron chi connectivity index (χ4n) is 0.683. The van der Waals surface area contributed by atoms with Crippen molar-refractivity contribution in [3.05, 3.63) is 51.0 Å². The molecule has 0 saturated carbocycles. The van der Waals surface area contributed by atoms with Gasteiger partial charge in [0.1, 0.15) is 0 Å². The molecule has 0 fully saturated rings. The van der Waals surface area contributed by atoms with Crippen LogP contribution >= 0.6 is 11.6 Å². The smallest absolute Gasteiger partial charge is 0.484 e. The van der Waals surface area contributed by atoms with Gasteiger partial charge >= 0.3 is 15.5 Å². The number of esters is 1. The lowest BCUT2D eigenvalue weighted by Crippen LogP contribution is -2.27. The van der Waals surface area contributed by atoms with Gasteiger partial charge in [0.25, 0.3) is 0 Å². The van der Waals surface area contributed by atoms with E-state index in [0.717, 1.165) is 24.7 Å². The zero-order chi connectivity index (χ0) is 20.5. The lowest BCUT2D eigenvalue weighted by Gasteiger charge is -2.12. The van der Waals surface area contributed by atoms with Crippen LogP contribution in [0.1, 0.15) is 20.8 Å². The molecule has 0 atom stereocenters. The number of hydrogen-bond acceptors (Lipinski definition) is 7. The van der Waals surface area contributed by atoms with Gasteiger partial charge < -0.3 is 23.1 Å². The third-order valence-corrected chi connectivity index (χ3v) is 3.41. The summed E-state index contributed by atoms with van der Waals surface area (Å²) in [5, 5.41) is 6.82. The van der Waals surface area contributed by atoms with Crippen molar-refractivity contribution in [3.8, 4) is 0 Å². The van der Waals surface area contributed by atoms with Gasteiger partial charge in [-0.15, -0.1) is 0 Å². The van der Waals surface area contributed by atoms with Gasteiger partial charge in [0.05, 0.1) is 12.5 Å². The van der Waals surface area contributed by atoms with Crippen LogP contribution in [0.2, 0.25) is 0 Å². The molecule has 0 radical (unpaired) electrons. The molecular weight excluding hydrogens is 368 g/mol. The van der Waals surface area contributed by atoms with Crippen molar-refractivity contribution in [1.82, 2.24) is 0 Å². The summed E-state index contributed by atoms with van der Waals surface area (Å²) in [6, 6.07) is 0. The highest BCUT2D eigenvalue weighted by molar-refractivity contribution is 6.66. The molecule has 7 nitrogen and oxygen atoms in total. The second kappa shape index (κ2) is 30.2. The number of hydrogen-bond donors (Lipinski definition) is 1. The SMILES string of the molecule is C=CC(=O)Cl.C=CO.C=COC(=O)C=C.CCO[SiH](OCC)OCC. The van der Waals surface area contributed by atoms with E-state index in [2.05, 4.69) is 31.1 Å². The van der Waals surface area contributed by atoms with Crippen LogP contribution in [0, 0.1) is 0 Å². The van der Waals surface area contributed by atoms with Crippen molar-refractivity contribution in [2.24, 2.45) is 0 Å². The fraction of sp³-hybridized carbons (Fsp3) is 0.375. The minimum Gasteiger partial charge on any atom is -0.516 e. The standard InChI is InChI=1S/C6H16O3Si.C5H6O2.C3H3ClO.C2H4O/c1-4-7-10(8-5-2)9-6-3;1-3-5(6)7-4-2;1-2-3(4)5;1-2-3/h10H,4-6H2,1-3H3;3-4H,1-2H2;2H,1H2;2-3H,1H2.